The number of carbonyl (C=O) groups excluding carboxylic acids is 1. The smallest absolute Gasteiger partial charge is 0.308 e. The van der Waals surface area contributed by atoms with Gasteiger partial charge in [0.15, 0.2) is 0 Å². The van der Waals surface area contributed by atoms with Gasteiger partial charge in [0.1, 0.15) is 6.61 Å². The van der Waals surface area contributed by atoms with Gasteiger partial charge in [-0.25, -0.2) is 0 Å². The summed E-state index contributed by atoms with van der Waals surface area (Å²) in [5, 5.41) is 3.29. The molecule has 0 bridgehead atoms. The number of piperazine rings is 1. The molecule has 0 radical (unpaired) electrons. The van der Waals surface area contributed by atoms with Gasteiger partial charge in [0.25, 0.3) is 0 Å². The molecular formula is C23H39N3O5. The molecule has 1 unspecified atom stereocenters. The minimum Gasteiger partial charge on any atom is -0.461 e. The Balaban J connectivity index is 1.32. The van der Waals surface area contributed by atoms with E-state index in [1.807, 2.05) is 37.4 Å². The van der Waals surface area contributed by atoms with Crippen LogP contribution in [0.15, 0.2) is 30.3 Å². The maximum atomic E-state index is 11.7. The van der Waals surface area contributed by atoms with Crippen LogP contribution in [0, 0.1) is 0 Å². The Morgan fingerprint density at radius 2 is 1.55 bits per heavy atom. The van der Waals surface area contributed by atoms with E-state index in [4.69, 9.17) is 18.9 Å². The van der Waals surface area contributed by atoms with Crippen molar-refractivity contribution in [2.45, 2.75) is 26.1 Å². The molecule has 1 atom stereocenters. The zero-order chi connectivity index (χ0) is 22.2. The summed E-state index contributed by atoms with van der Waals surface area (Å²) in [6.45, 7) is 11.0. The van der Waals surface area contributed by atoms with E-state index in [1.54, 1.807) is 0 Å². The summed E-state index contributed by atoms with van der Waals surface area (Å²) < 4.78 is 21.8. The third-order valence-electron chi connectivity index (χ3n) is 5.36. The van der Waals surface area contributed by atoms with Gasteiger partial charge in [0.05, 0.1) is 52.2 Å². The molecule has 1 aliphatic rings. The average molecular weight is 438 g/mol. The first-order chi connectivity index (χ1) is 15.2. The predicted molar refractivity (Wildman–Crippen MR) is 120 cm³/mol. The molecule has 176 valence electrons. The van der Waals surface area contributed by atoms with E-state index in [2.05, 4.69) is 22.0 Å². The molecule has 1 fully saturated rings. The number of ether oxygens (including phenoxy) is 4. The molecule has 1 saturated heterocycles. The van der Waals surface area contributed by atoms with Crippen molar-refractivity contribution >= 4 is 5.97 Å². The lowest BCUT2D eigenvalue weighted by Crippen LogP contribution is -2.53. The topological polar surface area (TPSA) is 72.5 Å². The standard InChI is InChI=1S/C23H39N3O5/c1-21(24-2)26-11-9-25(10-12-26)13-15-29-17-19-30-18-16-28-14-8-23(27)31-20-22-6-4-3-5-7-22/h3-7,21,24H,8-20H2,1-2H3. The van der Waals surface area contributed by atoms with Gasteiger partial charge in [-0.1, -0.05) is 30.3 Å². The quantitative estimate of drug-likeness (QED) is 0.307. The number of carbonyl (C=O) groups is 1. The van der Waals surface area contributed by atoms with Gasteiger partial charge in [-0.05, 0) is 19.5 Å². The molecule has 31 heavy (non-hydrogen) atoms. The van der Waals surface area contributed by atoms with Gasteiger partial charge < -0.3 is 24.3 Å². The number of hydrogen-bond donors (Lipinski definition) is 1. The first-order valence-corrected chi connectivity index (χ1v) is 11.3. The van der Waals surface area contributed by atoms with E-state index in [1.165, 1.54) is 0 Å². The minimum atomic E-state index is -0.254. The molecule has 0 aromatic heterocycles. The average Bonchev–Trinajstić information content (AvgIpc) is 2.81. The van der Waals surface area contributed by atoms with Crippen molar-refractivity contribution in [3.8, 4) is 0 Å². The Morgan fingerprint density at radius 1 is 0.935 bits per heavy atom. The molecule has 1 N–H and O–H groups in total. The molecule has 0 spiro atoms. The predicted octanol–water partition coefficient (Wildman–Crippen LogP) is 1.35. The Morgan fingerprint density at radius 3 is 2.19 bits per heavy atom. The molecule has 8 nitrogen and oxygen atoms in total. The first-order valence-electron chi connectivity index (χ1n) is 11.3. The largest absolute Gasteiger partial charge is 0.461 e. The number of esters is 1. The highest BCUT2D eigenvalue weighted by Crippen LogP contribution is 2.04. The van der Waals surface area contributed by atoms with Crippen LogP contribution in [0.4, 0.5) is 0 Å². The van der Waals surface area contributed by atoms with Gasteiger partial charge >= 0.3 is 5.97 Å². The van der Waals surface area contributed by atoms with Crippen LogP contribution in [0.2, 0.25) is 0 Å². The fourth-order valence-electron chi connectivity index (χ4n) is 3.26. The second kappa shape index (κ2) is 16.1. The summed E-state index contributed by atoms with van der Waals surface area (Å²) in [5.74, 6) is -0.254. The van der Waals surface area contributed by atoms with Crippen LogP contribution < -0.4 is 5.32 Å². The van der Waals surface area contributed by atoms with Crippen molar-refractivity contribution in [1.29, 1.82) is 0 Å². The summed E-state index contributed by atoms with van der Waals surface area (Å²) in [6, 6.07) is 9.63. The van der Waals surface area contributed by atoms with E-state index in [9.17, 15) is 4.79 Å². The Kier molecular flexibility index (Phi) is 13.4. The lowest BCUT2D eigenvalue weighted by molar-refractivity contribution is -0.146. The van der Waals surface area contributed by atoms with Crippen molar-refractivity contribution in [2.24, 2.45) is 0 Å². The summed E-state index contributed by atoms with van der Waals surface area (Å²) in [4.78, 5) is 16.6. The van der Waals surface area contributed by atoms with Gasteiger partial charge in [0.2, 0.25) is 0 Å². The highest BCUT2D eigenvalue weighted by molar-refractivity contribution is 5.69. The van der Waals surface area contributed by atoms with Crippen LogP contribution in [-0.2, 0) is 30.3 Å². The second-order valence-electron chi connectivity index (χ2n) is 7.58. The molecule has 1 aliphatic heterocycles. The van der Waals surface area contributed by atoms with Crippen LogP contribution in [-0.4, -0.2) is 101 Å². The number of benzene rings is 1. The lowest BCUT2D eigenvalue weighted by atomic mass is 10.2. The maximum absolute atomic E-state index is 11.7. The van der Waals surface area contributed by atoms with E-state index in [0.717, 1.165) is 44.9 Å². The van der Waals surface area contributed by atoms with Crippen molar-refractivity contribution in [3.63, 3.8) is 0 Å². The Labute approximate surface area is 186 Å². The number of nitrogens with one attached hydrogen (secondary N) is 1. The van der Waals surface area contributed by atoms with E-state index < -0.39 is 0 Å². The van der Waals surface area contributed by atoms with Gasteiger partial charge in [-0.2, -0.15) is 0 Å². The molecule has 0 aliphatic carbocycles. The van der Waals surface area contributed by atoms with Crippen LogP contribution in [0.3, 0.4) is 0 Å². The fraction of sp³-hybridized carbons (Fsp3) is 0.696. The van der Waals surface area contributed by atoms with Gasteiger partial charge in [-0.3, -0.25) is 14.6 Å². The lowest BCUT2D eigenvalue weighted by Gasteiger charge is -2.37. The molecule has 1 aromatic carbocycles. The van der Waals surface area contributed by atoms with Gasteiger partial charge in [0, 0.05) is 32.7 Å². The van der Waals surface area contributed by atoms with Crippen molar-refractivity contribution in [1.82, 2.24) is 15.1 Å². The SMILES string of the molecule is CNC(C)N1CCN(CCOCCOCCOCCC(=O)OCc2ccccc2)CC1. The summed E-state index contributed by atoms with van der Waals surface area (Å²) in [7, 11) is 2.00. The van der Waals surface area contributed by atoms with Crippen molar-refractivity contribution in [2.75, 3.05) is 79.4 Å². The van der Waals surface area contributed by atoms with Crippen molar-refractivity contribution < 1.29 is 23.7 Å². The van der Waals surface area contributed by atoms with E-state index in [-0.39, 0.29) is 12.4 Å². The first kappa shape index (κ1) is 25.7. The summed E-state index contributed by atoms with van der Waals surface area (Å²) in [5.41, 5.74) is 0.981. The summed E-state index contributed by atoms with van der Waals surface area (Å²) in [6.07, 6.45) is 0.686. The van der Waals surface area contributed by atoms with E-state index in [0.29, 0.717) is 45.8 Å². The van der Waals surface area contributed by atoms with Crippen LogP contribution in [0.5, 0.6) is 0 Å². The normalized spacial score (nSPS) is 16.3. The van der Waals surface area contributed by atoms with E-state index >= 15 is 0 Å². The fourth-order valence-corrected chi connectivity index (χ4v) is 3.26. The second-order valence-corrected chi connectivity index (χ2v) is 7.58. The monoisotopic (exact) mass is 437 g/mol. The molecule has 1 heterocycles. The molecule has 0 amide bonds. The third-order valence-corrected chi connectivity index (χ3v) is 5.36. The molecule has 1 aromatic rings. The Hall–Kier alpha value is -1.55. The highest BCUT2D eigenvalue weighted by atomic mass is 16.5. The zero-order valence-electron chi connectivity index (χ0n) is 19.1. The van der Waals surface area contributed by atoms with Crippen molar-refractivity contribution in [3.05, 3.63) is 35.9 Å². The molecule has 8 heteroatoms. The molecule has 2 rings (SSSR count). The number of rotatable bonds is 16. The maximum Gasteiger partial charge on any atom is 0.308 e. The van der Waals surface area contributed by atoms with Crippen LogP contribution in [0.1, 0.15) is 18.9 Å². The highest BCUT2D eigenvalue weighted by Gasteiger charge is 2.19. The zero-order valence-corrected chi connectivity index (χ0v) is 19.1. The number of hydrogen-bond acceptors (Lipinski definition) is 8. The van der Waals surface area contributed by atoms with Crippen LogP contribution >= 0.6 is 0 Å². The third kappa shape index (κ3) is 11.6. The van der Waals surface area contributed by atoms with Crippen LogP contribution in [0.25, 0.3) is 0 Å². The molecule has 0 saturated carbocycles. The minimum absolute atomic E-state index is 0.248. The summed E-state index contributed by atoms with van der Waals surface area (Å²) >= 11 is 0. The number of nitrogens with zero attached hydrogens (tertiary/aromatic N) is 2. The molecular weight excluding hydrogens is 398 g/mol. The Bertz CT molecular complexity index is 582. The van der Waals surface area contributed by atoms with Gasteiger partial charge in [-0.15, -0.1) is 0 Å².